The van der Waals surface area contributed by atoms with Crippen molar-refractivity contribution in [3.8, 4) is 5.75 Å². The molecule has 28 heavy (non-hydrogen) atoms. The second-order valence-corrected chi connectivity index (χ2v) is 8.37. The zero-order valence-electron chi connectivity index (χ0n) is 16.0. The Balaban J connectivity index is 1.64. The molecule has 0 bridgehead atoms. The lowest BCUT2D eigenvalue weighted by molar-refractivity contribution is -0.122. The summed E-state index contributed by atoms with van der Waals surface area (Å²) in [4.78, 5) is 23.5. The van der Waals surface area contributed by atoms with E-state index in [-0.39, 0.29) is 5.91 Å². The lowest BCUT2D eigenvalue weighted by Crippen LogP contribution is -2.29. The Morgan fingerprint density at radius 1 is 1.11 bits per heavy atom. The number of likely N-dealkylation sites (N-methyl/N-ethyl adjacent to an activating group) is 1. The molecule has 0 unspecified atom stereocenters. The highest BCUT2D eigenvalue weighted by molar-refractivity contribution is 8.19. The first-order valence-corrected chi connectivity index (χ1v) is 10.7. The molecule has 5 nitrogen and oxygen atoms in total. The predicted molar refractivity (Wildman–Crippen MR) is 117 cm³/mol. The minimum atomic E-state index is 0.0217. The molecule has 0 saturated carbocycles. The van der Waals surface area contributed by atoms with E-state index in [1.807, 2.05) is 62.5 Å². The zero-order valence-corrected chi connectivity index (χ0v) is 17.6. The van der Waals surface area contributed by atoms with Crippen LogP contribution in [-0.4, -0.2) is 36.7 Å². The number of carbonyl (C=O) groups excluding carboxylic acids is 1. The van der Waals surface area contributed by atoms with Gasteiger partial charge in [0, 0.05) is 24.6 Å². The standard InChI is InChI=1S/C21H21N3O2S2/c1-4-24-19(25)18(28-21(24)22-13-14-8-6-5-7-9-14)20-23(2)16-12-15(26-3)10-11-17(16)27-20/h5-12H,4,13H2,1-3H3. The molecule has 144 valence electrons. The van der Waals surface area contributed by atoms with Gasteiger partial charge < -0.3 is 9.64 Å². The molecule has 1 amide bonds. The third-order valence-electron chi connectivity index (χ3n) is 4.65. The first-order valence-electron chi connectivity index (χ1n) is 9.04. The summed E-state index contributed by atoms with van der Waals surface area (Å²) in [6.07, 6.45) is 0. The first kappa shape index (κ1) is 19.0. The van der Waals surface area contributed by atoms with E-state index >= 15 is 0 Å². The Labute approximate surface area is 173 Å². The van der Waals surface area contributed by atoms with Crippen LogP contribution in [0.2, 0.25) is 0 Å². The van der Waals surface area contributed by atoms with E-state index in [1.165, 1.54) is 11.8 Å². The van der Waals surface area contributed by atoms with E-state index in [0.717, 1.165) is 37.0 Å². The number of methoxy groups -OCH3 is 1. The van der Waals surface area contributed by atoms with Gasteiger partial charge in [0.15, 0.2) is 5.17 Å². The van der Waals surface area contributed by atoms with E-state index in [2.05, 4.69) is 4.90 Å². The van der Waals surface area contributed by atoms with Crippen LogP contribution in [0.3, 0.4) is 0 Å². The maximum atomic E-state index is 13.1. The number of nitrogens with zero attached hydrogens (tertiary/aromatic N) is 3. The second-order valence-electron chi connectivity index (χ2n) is 6.36. The molecule has 0 aliphatic carbocycles. The molecule has 0 spiro atoms. The predicted octanol–water partition coefficient (Wildman–Crippen LogP) is 4.56. The van der Waals surface area contributed by atoms with Crippen molar-refractivity contribution in [3.63, 3.8) is 0 Å². The third kappa shape index (κ3) is 3.40. The molecule has 2 aliphatic heterocycles. The van der Waals surface area contributed by atoms with Crippen LogP contribution in [-0.2, 0) is 11.3 Å². The molecule has 2 aromatic rings. The van der Waals surface area contributed by atoms with Gasteiger partial charge in [-0.2, -0.15) is 0 Å². The zero-order chi connectivity index (χ0) is 19.7. The Morgan fingerprint density at radius 2 is 1.89 bits per heavy atom. The minimum Gasteiger partial charge on any atom is -0.497 e. The Hall–Kier alpha value is -2.38. The number of carbonyl (C=O) groups is 1. The summed E-state index contributed by atoms with van der Waals surface area (Å²) < 4.78 is 5.34. The van der Waals surface area contributed by atoms with E-state index < -0.39 is 0 Å². The number of amidine groups is 1. The SMILES string of the molecule is CCN1C(=O)C(=C2Sc3ccc(OC)cc3N2C)SC1=NCc1ccccc1. The smallest absolute Gasteiger partial charge is 0.269 e. The van der Waals surface area contributed by atoms with Gasteiger partial charge in [-0.15, -0.1) is 0 Å². The van der Waals surface area contributed by atoms with Gasteiger partial charge in [0.2, 0.25) is 0 Å². The number of hydrogen-bond acceptors (Lipinski definition) is 6. The molecule has 2 heterocycles. The largest absolute Gasteiger partial charge is 0.497 e. The van der Waals surface area contributed by atoms with Gasteiger partial charge in [-0.25, -0.2) is 0 Å². The summed E-state index contributed by atoms with van der Waals surface area (Å²) in [5.74, 6) is 0.830. The molecular formula is C21H21N3O2S2. The lowest BCUT2D eigenvalue weighted by atomic mass is 10.2. The highest BCUT2D eigenvalue weighted by atomic mass is 32.2. The molecule has 1 saturated heterocycles. The monoisotopic (exact) mass is 411 g/mol. The lowest BCUT2D eigenvalue weighted by Gasteiger charge is -2.15. The molecule has 0 N–H and O–H groups in total. The van der Waals surface area contributed by atoms with Crippen molar-refractivity contribution in [1.82, 2.24) is 4.90 Å². The molecule has 4 rings (SSSR count). The van der Waals surface area contributed by atoms with Gasteiger partial charge in [0.05, 0.1) is 24.4 Å². The number of benzene rings is 2. The van der Waals surface area contributed by atoms with Crippen molar-refractivity contribution in [1.29, 1.82) is 0 Å². The van der Waals surface area contributed by atoms with Gasteiger partial charge >= 0.3 is 0 Å². The van der Waals surface area contributed by atoms with Crippen LogP contribution >= 0.6 is 23.5 Å². The van der Waals surface area contributed by atoms with Crippen molar-refractivity contribution in [2.75, 3.05) is 25.6 Å². The topological polar surface area (TPSA) is 45.1 Å². The number of rotatable bonds is 4. The van der Waals surface area contributed by atoms with Crippen LogP contribution < -0.4 is 9.64 Å². The molecule has 0 radical (unpaired) electrons. The number of fused-ring (bicyclic) bond motifs is 1. The molecule has 0 atom stereocenters. The number of thioether (sulfide) groups is 2. The Morgan fingerprint density at radius 3 is 2.61 bits per heavy atom. The highest BCUT2D eigenvalue weighted by Gasteiger charge is 2.38. The fraction of sp³-hybridized carbons (Fsp3) is 0.238. The van der Waals surface area contributed by atoms with Gasteiger partial charge in [-0.1, -0.05) is 42.1 Å². The summed E-state index contributed by atoms with van der Waals surface area (Å²) in [6, 6.07) is 16.1. The van der Waals surface area contributed by atoms with Gasteiger partial charge in [0.1, 0.15) is 10.7 Å². The van der Waals surface area contributed by atoms with Crippen molar-refractivity contribution >= 4 is 40.3 Å². The van der Waals surface area contributed by atoms with Crippen molar-refractivity contribution in [3.05, 3.63) is 64.0 Å². The Bertz CT molecular complexity index is 973. The number of amides is 1. The van der Waals surface area contributed by atoms with Crippen LogP contribution in [0.4, 0.5) is 5.69 Å². The van der Waals surface area contributed by atoms with E-state index in [1.54, 1.807) is 23.8 Å². The Kier molecular flexibility index (Phi) is 5.37. The normalized spacial score (nSPS) is 20.2. The third-order valence-corrected chi connectivity index (χ3v) is 7.12. The number of aliphatic imine (C=N–C) groups is 1. The number of anilines is 1. The van der Waals surface area contributed by atoms with Crippen LogP contribution in [0.1, 0.15) is 12.5 Å². The molecule has 7 heteroatoms. The van der Waals surface area contributed by atoms with E-state index in [9.17, 15) is 4.79 Å². The molecule has 1 fully saturated rings. The van der Waals surface area contributed by atoms with Crippen LogP contribution in [0.25, 0.3) is 0 Å². The summed E-state index contributed by atoms with van der Waals surface area (Å²) in [5.41, 5.74) is 2.19. The van der Waals surface area contributed by atoms with Gasteiger partial charge in [-0.05, 0) is 36.4 Å². The molecule has 2 aromatic carbocycles. The summed E-state index contributed by atoms with van der Waals surface area (Å²) in [5, 5.41) is 1.71. The van der Waals surface area contributed by atoms with E-state index in [0.29, 0.717) is 13.1 Å². The highest BCUT2D eigenvalue weighted by Crippen LogP contribution is 2.50. The summed E-state index contributed by atoms with van der Waals surface area (Å²) in [7, 11) is 3.65. The molecule has 0 aromatic heterocycles. The van der Waals surface area contributed by atoms with Crippen molar-refractivity contribution < 1.29 is 9.53 Å². The summed E-state index contributed by atoms with van der Waals surface area (Å²) >= 11 is 3.08. The fourth-order valence-electron chi connectivity index (χ4n) is 3.13. The average Bonchev–Trinajstić information content (AvgIpc) is 3.22. The van der Waals surface area contributed by atoms with Crippen molar-refractivity contribution in [2.24, 2.45) is 4.99 Å². The molecular weight excluding hydrogens is 390 g/mol. The summed E-state index contributed by atoms with van der Waals surface area (Å²) in [6.45, 7) is 3.15. The number of hydrogen-bond donors (Lipinski definition) is 0. The molecule has 2 aliphatic rings. The number of ether oxygens (including phenoxy) is 1. The minimum absolute atomic E-state index is 0.0217. The maximum Gasteiger partial charge on any atom is 0.269 e. The van der Waals surface area contributed by atoms with Crippen molar-refractivity contribution in [2.45, 2.75) is 18.4 Å². The average molecular weight is 412 g/mol. The quantitative estimate of drug-likeness (QED) is 0.690. The van der Waals surface area contributed by atoms with E-state index in [4.69, 9.17) is 9.73 Å². The van der Waals surface area contributed by atoms with Gasteiger partial charge in [-0.3, -0.25) is 14.7 Å². The maximum absolute atomic E-state index is 13.1. The van der Waals surface area contributed by atoms with Gasteiger partial charge in [0.25, 0.3) is 5.91 Å². The van der Waals surface area contributed by atoms with Crippen LogP contribution in [0, 0.1) is 0 Å². The first-order chi connectivity index (χ1) is 13.6. The van der Waals surface area contributed by atoms with Crippen LogP contribution in [0.15, 0.2) is 68.4 Å². The fourth-order valence-corrected chi connectivity index (χ4v) is 5.49. The van der Waals surface area contributed by atoms with Crippen LogP contribution in [0.5, 0.6) is 5.75 Å². The second kappa shape index (κ2) is 7.93.